The van der Waals surface area contributed by atoms with Gasteiger partial charge in [-0.3, -0.25) is 4.79 Å². The minimum Gasteiger partial charge on any atom is -0.834 e. The molecule has 0 aliphatic heterocycles. The van der Waals surface area contributed by atoms with E-state index in [1.54, 1.807) is 12.1 Å². The van der Waals surface area contributed by atoms with Crippen molar-refractivity contribution in [3.8, 4) is 11.1 Å². The Bertz CT molecular complexity index is 1240. The Morgan fingerprint density at radius 1 is 0.892 bits per heavy atom. The molecule has 3 aliphatic carbocycles. The Morgan fingerprint density at radius 3 is 2.19 bits per heavy atom. The van der Waals surface area contributed by atoms with Crippen molar-refractivity contribution in [1.29, 1.82) is 0 Å². The highest BCUT2D eigenvalue weighted by atomic mass is 16.6. The number of nitrogens with zero attached hydrogens (tertiary/aromatic N) is 1. The Labute approximate surface area is 220 Å². The maximum atomic E-state index is 14.4. The number of fused-ring (bicyclic) bond motifs is 5. The van der Waals surface area contributed by atoms with Crippen LogP contribution in [0.2, 0.25) is 0 Å². The second kappa shape index (κ2) is 9.41. The zero-order valence-electron chi connectivity index (χ0n) is 21.9. The molecular formula is C33H37NO3. The van der Waals surface area contributed by atoms with Crippen LogP contribution in [0.25, 0.3) is 11.1 Å². The van der Waals surface area contributed by atoms with Gasteiger partial charge in [0.1, 0.15) is 6.10 Å². The first-order chi connectivity index (χ1) is 17.9. The predicted molar refractivity (Wildman–Crippen MR) is 144 cm³/mol. The molecule has 0 saturated heterocycles. The van der Waals surface area contributed by atoms with Crippen molar-refractivity contribution in [2.24, 2.45) is 11.8 Å². The molecule has 0 amide bonds. The number of rotatable bonds is 8. The topological polar surface area (TPSA) is 49.4 Å². The van der Waals surface area contributed by atoms with E-state index in [9.17, 15) is 9.90 Å². The maximum absolute atomic E-state index is 14.4. The van der Waals surface area contributed by atoms with E-state index in [1.807, 2.05) is 36.4 Å². The summed E-state index contributed by atoms with van der Waals surface area (Å²) in [5.74, 6) is 0.0605. The Kier molecular flexibility index (Phi) is 6.21. The number of carbonyl (C=O) groups is 1. The van der Waals surface area contributed by atoms with Gasteiger partial charge in [0.25, 0.3) is 0 Å². The first kappa shape index (κ1) is 24.4. The van der Waals surface area contributed by atoms with Crippen LogP contribution in [-0.2, 0) is 21.6 Å². The van der Waals surface area contributed by atoms with Crippen LogP contribution in [0.15, 0.2) is 78.9 Å². The fraction of sp³-hybridized carbons (Fsp3) is 0.424. The van der Waals surface area contributed by atoms with Gasteiger partial charge in [0.15, 0.2) is 0 Å². The zero-order chi connectivity index (χ0) is 25.6. The summed E-state index contributed by atoms with van der Waals surface area (Å²) in [7, 11) is 4.68. The van der Waals surface area contributed by atoms with Gasteiger partial charge in [0.05, 0.1) is 26.7 Å². The van der Waals surface area contributed by atoms with Gasteiger partial charge in [-0.15, -0.1) is 0 Å². The molecule has 37 heavy (non-hydrogen) atoms. The molecule has 3 aliphatic rings. The van der Waals surface area contributed by atoms with Crippen molar-refractivity contribution >= 4 is 5.97 Å². The molecule has 2 bridgehead atoms. The molecule has 3 aromatic rings. The largest absolute Gasteiger partial charge is 0.834 e. The summed E-state index contributed by atoms with van der Waals surface area (Å²) in [5.41, 5.74) is 2.17. The third-order valence-corrected chi connectivity index (χ3v) is 9.42. The summed E-state index contributed by atoms with van der Waals surface area (Å²) in [6.45, 7) is 1.12. The Morgan fingerprint density at radius 2 is 1.51 bits per heavy atom. The van der Waals surface area contributed by atoms with Gasteiger partial charge in [-0.1, -0.05) is 78.9 Å². The number of benzene rings is 3. The van der Waals surface area contributed by atoms with Crippen LogP contribution >= 0.6 is 0 Å². The summed E-state index contributed by atoms with van der Waals surface area (Å²) in [6, 6.07) is 26.2. The van der Waals surface area contributed by atoms with Gasteiger partial charge < -0.3 is 14.3 Å². The standard InChI is InChI=1S/C33H37NO3/c1-34(2,21-11-10-14-23-12-4-3-5-13-23)30-22-24-19-20-27(30)31(24)37-32(35)33(36)28-17-8-6-15-25(28)26-16-7-9-18-29(26)33/h3-9,12-13,15-18,24,27,30-31H,10-11,14,19-22H2,1-2H3/t24?,27?,30-,31?/m0/s1. The molecule has 0 aromatic heterocycles. The van der Waals surface area contributed by atoms with Crippen LogP contribution in [0.4, 0.5) is 0 Å². The summed E-state index contributed by atoms with van der Waals surface area (Å²) >= 11 is 0. The van der Waals surface area contributed by atoms with Gasteiger partial charge in [-0.25, -0.2) is 0 Å². The van der Waals surface area contributed by atoms with Crippen LogP contribution in [-0.4, -0.2) is 43.2 Å². The highest BCUT2D eigenvalue weighted by molar-refractivity contribution is 5.95. The quantitative estimate of drug-likeness (QED) is 0.249. The van der Waals surface area contributed by atoms with Crippen LogP contribution in [0.1, 0.15) is 48.8 Å². The van der Waals surface area contributed by atoms with E-state index in [0.717, 1.165) is 47.8 Å². The molecule has 192 valence electrons. The molecule has 2 saturated carbocycles. The van der Waals surface area contributed by atoms with E-state index in [4.69, 9.17) is 4.74 Å². The van der Waals surface area contributed by atoms with E-state index >= 15 is 0 Å². The number of quaternary nitrogens is 1. The number of unbranched alkanes of at least 4 members (excludes halogenated alkanes) is 1. The average Bonchev–Trinajstić information content (AvgIpc) is 3.56. The Balaban J connectivity index is 1.15. The molecule has 2 fully saturated rings. The molecule has 0 N–H and O–H groups in total. The van der Waals surface area contributed by atoms with E-state index < -0.39 is 11.6 Å². The summed E-state index contributed by atoms with van der Waals surface area (Å²) in [5, 5.41) is 14.4. The fourth-order valence-corrected chi connectivity index (χ4v) is 7.50. The van der Waals surface area contributed by atoms with Crippen molar-refractivity contribution in [2.45, 2.75) is 56.3 Å². The lowest BCUT2D eigenvalue weighted by molar-refractivity contribution is -0.918. The summed E-state index contributed by atoms with van der Waals surface area (Å²) in [4.78, 5) is 13.7. The highest BCUT2D eigenvalue weighted by Crippen LogP contribution is 2.52. The van der Waals surface area contributed by atoms with E-state index in [-0.39, 0.29) is 6.10 Å². The van der Waals surface area contributed by atoms with Gasteiger partial charge in [-0.05, 0) is 59.9 Å². The molecule has 3 unspecified atom stereocenters. The molecule has 4 heteroatoms. The lowest BCUT2D eigenvalue weighted by atomic mass is 9.91. The van der Waals surface area contributed by atoms with Crippen LogP contribution < -0.4 is 5.11 Å². The normalized spacial score (nSPS) is 25.1. The van der Waals surface area contributed by atoms with E-state index in [1.165, 1.54) is 18.4 Å². The minimum absolute atomic E-state index is 0.148. The number of ether oxygens (including phenoxy) is 1. The third-order valence-electron chi connectivity index (χ3n) is 9.42. The molecule has 3 aromatic carbocycles. The van der Waals surface area contributed by atoms with Crippen LogP contribution in [0, 0.1) is 11.8 Å². The molecule has 4 atom stereocenters. The fourth-order valence-electron chi connectivity index (χ4n) is 7.50. The van der Waals surface area contributed by atoms with Gasteiger partial charge in [0, 0.05) is 23.9 Å². The highest BCUT2D eigenvalue weighted by Gasteiger charge is 2.56. The van der Waals surface area contributed by atoms with Crippen molar-refractivity contribution in [2.75, 3.05) is 20.6 Å². The second-order valence-electron chi connectivity index (χ2n) is 11.9. The third kappa shape index (κ3) is 4.11. The second-order valence-corrected chi connectivity index (χ2v) is 11.9. The van der Waals surface area contributed by atoms with Gasteiger partial charge >= 0.3 is 5.97 Å². The predicted octanol–water partition coefficient (Wildman–Crippen LogP) is 5.08. The van der Waals surface area contributed by atoms with Crippen molar-refractivity contribution < 1.29 is 19.1 Å². The molecule has 4 nitrogen and oxygen atoms in total. The monoisotopic (exact) mass is 495 g/mol. The lowest BCUT2D eigenvalue weighted by Crippen LogP contribution is -2.53. The molecule has 0 heterocycles. The average molecular weight is 496 g/mol. The SMILES string of the molecule is C[N+](C)(CCCCc1ccccc1)[C@H]1CC2CCC1C2OC(=O)C1([O-])c2ccccc2-c2ccccc21. The number of aryl methyl sites for hydroxylation is 1. The van der Waals surface area contributed by atoms with E-state index in [0.29, 0.717) is 29.0 Å². The summed E-state index contributed by atoms with van der Waals surface area (Å²) in [6.07, 6.45) is 6.58. The van der Waals surface area contributed by atoms with E-state index in [2.05, 4.69) is 44.4 Å². The van der Waals surface area contributed by atoms with Gasteiger partial charge in [0.2, 0.25) is 0 Å². The van der Waals surface area contributed by atoms with Gasteiger partial charge in [-0.2, -0.15) is 0 Å². The van der Waals surface area contributed by atoms with Crippen molar-refractivity contribution in [3.05, 3.63) is 95.6 Å². The van der Waals surface area contributed by atoms with Crippen molar-refractivity contribution in [3.63, 3.8) is 0 Å². The smallest absolute Gasteiger partial charge is 0.304 e. The van der Waals surface area contributed by atoms with Crippen LogP contribution in [0.3, 0.4) is 0 Å². The molecular weight excluding hydrogens is 458 g/mol. The summed E-state index contributed by atoms with van der Waals surface area (Å²) < 4.78 is 7.20. The maximum Gasteiger partial charge on any atom is 0.304 e. The molecule has 0 spiro atoms. The zero-order valence-corrected chi connectivity index (χ0v) is 21.9. The van der Waals surface area contributed by atoms with Crippen LogP contribution in [0.5, 0.6) is 0 Å². The number of carbonyl (C=O) groups excluding carboxylic acids is 1. The minimum atomic E-state index is -1.99. The molecule has 6 rings (SSSR count). The first-order valence-electron chi connectivity index (χ1n) is 13.9. The van der Waals surface area contributed by atoms with Crippen molar-refractivity contribution in [1.82, 2.24) is 0 Å². The first-order valence-corrected chi connectivity index (χ1v) is 13.9. The Hall–Kier alpha value is -2.95. The lowest BCUT2D eigenvalue weighted by Gasteiger charge is -2.41. The number of hydrogen-bond acceptors (Lipinski definition) is 3. The number of hydrogen-bond donors (Lipinski definition) is 0. The molecule has 0 radical (unpaired) electrons. The number of esters is 1.